The zero-order valence-electron chi connectivity index (χ0n) is 19.2. The number of pyridine rings is 1. The predicted molar refractivity (Wildman–Crippen MR) is 122 cm³/mol. The SMILES string of the molecule is COc1ccc(C[C@@H](NC(C)=O)C(=O)NC2CCN(C(=O)c3ccncc3)CC2)cc1OC. The van der Waals surface area contributed by atoms with Crippen LogP contribution in [0.15, 0.2) is 42.7 Å². The molecule has 2 heterocycles. The van der Waals surface area contributed by atoms with Crippen molar-refractivity contribution in [2.24, 2.45) is 0 Å². The first-order chi connectivity index (χ1) is 15.9. The van der Waals surface area contributed by atoms with Crippen LogP contribution in [0.4, 0.5) is 0 Å². The minimum Gasteiger partial charge on any atom is -0.493 e. The molecular weight excluding hydrogens is 424 g/mol. The summed E-state index contributed by atoms with van der Waals surface area (Å²) in [6.45, 7) is 2.48. The van der Waals surface area contributed by atoms with Crippen molar-refractivity contribution in [1.82, 2.24) is 20.5 Å². The topological polar surface area (TPSA) is 110 Å². The molecule has 0 unspecified atom stereocenters. The van der Waals surface area contributed by atoms with Gasteiger partial charge >= 0.3 is 0 Å². The fraction of sp³-hybridized carbons (Fsp3) is 0.417. The lowest BCUT2D eigenvalue weighted by Gasteiger charge is -2.33. The Morgan fingerprint density at radius 2 is 1.73 bits per heavy atom. The first-order valence-corrected chi connectivity index (χ1v) is 10.9. The number of methoxy groups -OCH3 is 2. The van der Waals surface area contributed by atoms with Crippen molar-refractivity contribution < 1.29 is 23.9 Å². The summed E-state index contributed by atoms with van der Waals surface area (Å²) in [5.74, 6) is 0.581. The molecular formula is C24H30N4O5. The standard InChI is InChI=1S/C24H30N4O5/c1-16(29)26-20(14-17-4-5-21(32-2)22(15-17)33-3)23(30)27-19-8-12-28(13-9-19)24(31)18-6-10-25-11-7-18/h4-7,10-11,15,19-20H,8-9,12-14H2,1-3H3,(H,26,29)(H,27,30)/t20-/m1/s1. The fourth-order valence-corrected chi connectivity index (χ4v) is 3.90. The van der Waals surface area contributed by atoms with Gasteiger partial charge in [0.15, 0.2) is 11.5 Å². The minimum absolute atomic E-state index is 0.0354. The van der Waals surface area contributed by atoms with Gasteiger partial charge in [0.05, 0.1) is 14.2 Å². The van der Waals surface area contributed by atoms with Crippen molar-refractivity contribution in [3.8, 4) is 11.5 Å². The lowest BCUT2D eigenvalue weighted by molar-refractivity contribution is -0.128. The van der Waals surface area contributed by atoms with E-state index in [-0.39, 0.29) is 23.8 Å². The van der Waals surface area contributed by atoms with Gasteiger partial charge in [0.25, 0.3) is 5.91 Å². The summed E-state index contributed by atoms with van der Waals surface area (Å²) in [6.07, 6.45) is 4.80. The first-order valence-electron chi connectivity index (χ1n) is 10.9. The second kappa shape index (κ2) is 11.3. The molecule has 33 heavy (non-hydrogen) atoms. The Kier molecular flexibility index (Phi) is 8.23. The Hall–Kier alpha value is -3.62. The summed E-state index contributed by atoms with van der Waals surface area (Å²) in [7, 11) is 3.10. The Bertz CT molecular complexity index is 974. The number of aromatic nitrogens is 1. The Morgan fingerprint density at radius 1 is 1.06 bits per heavy atom. The third-order valence-corrected chi connectivity index (χ3v) is 5.64. The van der Waals surface area contributed by atoms with Crippen molar-refractivity contribution in [2.75, 3.05) is 27.3 Å². The van der Waals surface area contributed by atoms with E-state index in [0.29, 0.717) is 49.4 Å². The maximum Gasteiger partial charge on any atom is 0.253 e. The van der Waals surface area contributed by atoms with Gasteiger partial charge in [0, 0.05) is 50.4 Å². The molecule has 9 nitrogen and oxygen atoms in total. The van der Waals surface area contributed by atoms with Gasteiger partial charge in [-0.1, -0.05) is 6.07 Å². The number of amides is 3. The van der Waals surface area contributed by atoms with Crippen LogP contribution in [0.5, 0.6) is 11.5 Å². The van der Waals surface area contributed by atoms with Gasteiger partial charge < -0.3 is 25.0 Å². The first kappa shape index (κ1) is 24.0. The highest BCUT2D eigenvalue weighted by atomic mass is 16.5. The molecule has 0 spiro atoms. The molecule has 0 aliphatic carbocycles. The van der Waals surface area contributed by atoms with Gasteiger partial charge in [-0.25, -0.2) is 0 Å². The number of ether oxygens (including phenoxy) is 2. The Morgan fingerprint density at radius 3 is 2.33 bits per heavy atom. The number of benzene rings is 1. The third-order valence-electron chi connectivity index (χ3n) is 5.64. The van der Waals surface area contributed by atoms with Crippen LogP contribution < -0.4 is 20.1 Å². The monoisotopic (exact) mass is 454 g/mol. The second-order valence-corrected chi connectivity index (χ2v) is 7.96. The third kappa shape index (κ3) is 6.44. The van der Waals surface area contributed by atoms with Crippen molar-refractivity contribution in [2.45, 2.75) is 38.3 Å². The highest BCUT2D eigenvalue weighted by molar-refractivity contribution is 5.94. The number of likely N-dealkylation sites (tertiary alicyclic amines) is 1. The zero-order chi connectivity index (χ0) is 23.8. The van der Waals surface area contributed by atoms with Crippen molar-refractivity contribution in [1.29, 1.82) is 0 Å². The van der Waals surface area contributed by atoms with Crippen LogP contribution in [0.3, 0.4) is 0 Å². The number of carbonyl (C=O) groups excluding carboxylic acids is 3. The summed E-state index contributed by atoms with van der Waals surface area (Å²) < 4.78 is 10.6. The molecule has 1 aliphatic heterocycles. The van der Waals surface area contributed by atoms with Crippen molar-refractivity contribution in [3.05, 3.63) is 53.9 Å². The fourth-order valence-electron chi connectivity index (χ4n) is 3.90. The van der Waals surface area contributed by atoms with Gasteiger partial charge in [-0.3, -0.25) is 19.4 Å². The number of carbonyl (C=O) groups is 3. The van der Waals surface area contributed by atoms with E-state index >= 15 is 0 Å². The number of nitrogens with one attached hydrogen (secondary N) is 2. The minimum atomic E-state index is -0.725. The molecule has 1 aromatic carbocycles. The number of piperidine rings is 1. The van der Waals surface area contributed by atoms with Gasteiger partial charge in [0.2, 0.25) is 11.8 Å². The average molecular weight is 455 g/mol. The summed E-state index contributed by atoms with van der Waals surface area (Å²) in [6, 6.07) is 8.01. The number of rotatable bonds is 8. The largest absolute Gasteiger partial charge is 0.493 e. The molecule has 1 aliphatic rings. The molecule has 0 saturated carbocycles. The molecule has 0 bridgehead atoms. The maximum absolute atomic E-state index is 13.0. The van der Waals surface area contributed by atoms with Crippen LogP contribution in [0.1, 0.15) is 35.7 Å². The molecule has 9 heteroatoms. The van der Waals surface area contributed by atoms with Gasteiger partial charge in [0.1, 0.15) is 6.04 Å². The van der Waals surface area contributed by atoms with Crippen molar-refractivity contribution in [3.63, 3.8) is 0 Å². The Labute approximate surface area is 193 Å². The predicted octanol–water partition coefficient (Wildman–Crippen LogP) is 1.57. The van der Waals surface area contributed by atoms with Crippen LogP contribution in [0.25, 0.3) is 0 Å². The van der Waals surface area contributed by atoms with Gasteiger partial charge in [-0.15, -0.1) is 0 Å². The average Bonchev–Trinajstić information content (AvgIpc) is 2.83. The van der Waals surface area contributed by atoms with E-state index in [0.717, 1.165) is 5.56 Å². The van der Waals surface area contributed by atoms with E-state index in [1.807, 2.05) is 6.07 Å². The summed E-state index contributed by atoms with van der Waals surface area (Å²) >= 11 is 0. The summed E-state index contributed by atoms with van der Waals surface area (Å²) in [5, 5.41) is 5.78. The molecule has 176 valence electrons. The van der Waals surface area contributed by atoms with Crippen LogP contribution in [0.2, 0.25) is 0 Å². The van der Waals surface area contributed by atoms with E-state index in [9.17, 15) is 14.4 Å². The number of hydrogen-bond donors (Lipinski definition) is 2. The lowest BCUT2D eigenvalue weighted by atomic mass is 10.0. The van der Waals surface area contributed by atoms with Crippen LogP contribution >= 0.6 is 0 Å². The van der Waals surface area contributed by atoms with E-state index in [4.69, 9.17) is 9.47 Å². The zero-order valence-corrected chi connectivity index (χ0v) is 19.2. The molecule has 0 radical (unpaired) electrons. The van der Waals surface area contributed by atoms with E-state index < -0.39 is 6.04 Å². The number of nitrogens with zero attached hydrogens (tertiary/aromatic N) is 2. The lowest BCUT2D eigenvalue weighted by Crippen LogP contribution is -2.53. The highest BCUT2D eigenvalue weighted by Crippen LogP contribution is 2.28. The summed E-state index contributed by atoms with van der Waals surface area (Å²) in [4.78, 5) is 43.1. The second-order valence-electron chi connectivity index (χ2n) is 7.96. The number of hydrogen-bond acceptors (Lipinski definition) is 6. The molecule has 3 rings (SSSR count). The Balaban J connectivity index is 1.59. The maximum atomic E-state index is 13.0. The molecule has 1 saturated heterocycles. The molecule has 1 aromatic heterocycles. The highest BCUT2D eigenvalue weighted by Gasteiger charge is 2.27. The molecule has 1 atom stereocenters. The van der Waals surface area contributed by atoms with E-state index in [1.165, 1.54) is 6.92 Å². The van der Waals surface area contributed by atoms with Crippen LogP contribution in [-0.2, 0) is 16.0 Å². The van der Waals surface area contributed by atoms with Gasteiger partial charge in [-0.05, 0) is 42.7 Å². The molecule has 2 N–H and O–H groups in total. The quantitative estimate of drug-likeness (QED) is 0.627. The van der Waals surface area contributed by atoms with E-state index in [1.54, 1.807) is 55.8 Å². The van der Waals surface area contributed by atoms with Crippen LogP contribution in [-0.4, -0.2) is 67.0 Å². The molecule has 1 fully saturated rings. The van der Waals surface area contributed by atoms with Gasteiger partial charge in [-0.2, -0.15) is 0 Å². The molecule has 3 amide bonds. The van der Waals surface area contributed by atoms with Crippen molar-refractivity contribution >= 4 is 17.7 Å². The smallest absolute Gasteiger partial charge is 0.253 e. The normalized spacial score (nSPS) is 14.8. The summed E-state index contributed by atoms with van der Waals surface area (Å²) in [5.41, 5.74) is 1.44. The molecule has 2 aromatic rings. The van der Waals surface area contributed by atoms with Crippen LogP contribution in [0, 0.1) is 0 Å². The van der Waals surface area contributed by atoms with E-state index in [2.05, 4.69) is 15.6 Å².